The second-order valence-corrected chi connectivity index (χ2v) is 6.70. The third-order valence-corrected chi connectivity index (χ3v) is 4.98. The van der Waals surface area contributed by atoms with Gasteiger partial charge in [0, 0.05) is 12.2 Å². The van der Waals surface area contributed by atoms with E-state index >= 15 is 0 Å². The summed E-state index contributed by atoms with van der Waals surface area (Å²) in [6.45, 7) is 0.928. The van der Waals surface area contributed by atoms with Crippen LogP contribution in [0.5, 0.6) is 0 Å². The van der Waals surface area contributed by atoms with Gasteiger partial charge in [-0.25, -0.2) is 4.39 Å². The third-order valence-electron chi connectivity index (χ3n) is 4.98. The summed E-state index contributed by atoms with van der Waals surface area (Å²) >= 11 is 0. The number of carbonyl (C=O) groups is 1. The number of benzene rings is 3. The second-order valence-electron chi connectivity index (χ2n) is 6.70. The molecule has 0 aliphatic carbocycles. The Bertz CT molecular complexity index is 925. The van der Waals surface area contributed by atoms with E-state index in [-0.39, 0.29) is 24.3 Å². The lowest BCUT2D eigenvalue weighted by molar-refractivity contribution is -0.117. The Balaban J connectivity index is 1.52. The number of para-hydroxylation sites is 1. The van der Waals surface area contributed by atoms with Crippen molar-refractivity contribution in [1.82, 2.24) is 5.32 Å². The minimum atomic E-state index is -0.268. The zero-order valence-corrected chi connectivity index (χ0v) is 14.9. The molecule has 3 aromatic carbocycles. The molecule has 136 valence electrons. The van der Waals surface area contributed by atoms with Gasteiger partial charge in [0.1, 0.15) is 5.82 Å². The topological polar surface area (TPSA) is 32.3 Å². The van der Waals surface area contributed by atoms with Crippen molar-refractivity contribution in [1.29, 1.82) is 0 Å². The van der Waals surface area contributed by atoms with Crippen molar-refractivity contribution in [3.05, 3.63) is 101 Å². The van der Waals surface area contributed by atoms with E-state index in [4.69, 9.17) is 0 Å². The number of hydrogen-bond acceptors (Lipinski definition) is 2. The van der Waals surface area contributed by atoms with Gasteiger partial charge in [-0.2, -0.15) is 0 Å². The van der Waals surface area contributed by atoms with E-state index < -0.39 is 0 Å². The van der Waals surface area contributed by atoms with Crippen molar-refractivity contribution in [3.63, 3.8) is 0 Å². The van der Waals surface area contributed by atoms with E-state index in [1.165, 1.54) is 17.7 Å². The molecular weight excluding hydrogens is 339 g/mol. The summed E-state index contributed by atoms with van der Waals surface area (Å²) in [5.74, 6) is -0.224. The van der Waals surface area contributed by atoms with Crippen LogP contribution in [0.3, 0.4) is 0 Å². The van der Waals surface area contributed by atoms with E-state index in [0.29, 0.717) is 6.54 Å². The van der Waals surface area contributed by atoms with E-state index in [9.17, 15) is 9.18 Å². The molecule has 1 unspecified atom stereocenters. The van der Waals surface area contributed by atoms with Gasteiger partial charge in [0.05, 0.1) is 12.6 Å². The largest absolute Gasteiger partial charge is 0.311 e. The summed E-state index contributed by atoms with van der Waals surface area (Å²) in [5.41, 5.74) is 4.18. The number of anilines is 1. The Hall–Kier alpha value is -2.98. The molecule has 0 saturated carbocycles. The Labute approximate surface area is 158 Å². The average Bonchev–Trinajstić information content (AvgIpc) is 3.14. The van der Waals surface area contributed by atoms with Crippen LogP contribution in [0.25, 0.3) is 0 Å². The number of rotatable bonds is 5. The number of nitrogens with zero attached hydrogens (tertiary/aromatic N) is 1. The van der Waals surface area contributed by atoms with Gasteiger partial charge in [0.25, 0.3) is 0 Å². The molecule has 1 amide bonds. The lowest BCUT2D eigenvalue weighted by Crippen LogP contribution is -2.38. The lowest BCUT2D eigenvalue weighted by Gasteiger charge is -2.22. The fourth-order valence-electron chi connectivity index (χ4n) is 3.61. The molecular formula is C23H21FN2O. The summed E-state index contributed by atoms with van der Waals surface area (Å²) in [6.07, 6.45) is 0.891. The molecule has 4 rings (SSSR count). The molecule has 1 aliphatic rings. The van der Waals surface area contributed by atoms with Crippen LogP contribution in [0.2, 0.25) is 0 Å². The van der Waals surface area contributed by atoms with Crippen LogP contribution >= 0.6 is 0 Å². The normalized spacial score (nSPS) is 14.0. The molecule has 0 fully saturated rings. The maximum Gasteiger partial charge on any atom is 0.240 e. The molecule has 3 nitrogen and oxygen atoms in total. The lowest BCUT2D eigenvalue weighted by atomic mass is 9.98. The monoisotopic (exact) mass is 360 g/mol. The summed E-state index contributed by atoms with van der Waals surface area (Å²) < 4.78 is 13.3. The first-order valence-electron chi connectivity index (χ1n) is 9.14. The van der Waals surface area contributed by atoms with Gasteiger partial charge < -0.3 is 4.90 Å². The number of halogens is 1. The standard InChI is InChI=1S/C23H21FN2O/c24-20-12-10-19(11-13-20)23(18-7-2-1-3-8-18)25-16-22(27)26-15-14-17-6-4-5-9-21(17)26/h1-13,23,25H,14-16H2. The van der Waals surface area contributed by atoms with Crippen molar-refractivity contribution in [2.75, 3.05) is 18.0 Å². The number of amides is 1. The predicted molar refractivity (Wildman–Crippen MR) is 105 cm³/mol. The first-order chi connectivity index (χ1) is 13.2. The number of carbonyl (C=O) groups excluding carboxylic acids is 1. The van der Waals surface area contributed by atoms with Gasteiger partial charge in [0.15, 0.2) is 0 Å². The third kappa shape index (κ3) is 3.76. The first kappa shape index (κ1) is 17.4. The van der Waals surface area contributed by atoms with Gasteiger partial charge in [-0.15, -0.1) is 0 Å². The van der Waals surface area contributed by atoms with Crippen LogP contribution in [0.15, 0.2) is 78.9 Å². The summed E-state index contributed by atoms with van der Waals surface area (Å²) in [5, 5.41) is 3.37. The van der Waals surface area contributed by atoms with Crippen LogP contribution in [0.1, 0.15) is 22.7 Å². The van der Waals surface area contributed by atoms with Crippen LogP contribution in [0.4, 0.5) is 10.1 Å². The molecule has 1 N–H and O–H groups in total. The summed E-state index contributed by atoms with van der Waals surface area (Å²) in [7, 11) is 0. The fourth-order valence-corrected chi connectivity index (χ4v) is 3.61. The molecule has 0 aromatic heterocycles. The number of fused-ring (bicyclic) bond motifs is 1. The molecule has 1 atom stereocenters. The zero-order chi connectivity index (χ0) is 18.6. The first-order valence-corrected chi connectivity index (χ1v) is 9.14. The van der Waals surface area contributed by atoms with Crippen LogP contribution in [0, 0.1) is 5.82 Å². The summed E-state index contributed by atoms with van der Waals surface area (Å²) in [6, 6.07) is 24.2. The van der Waals surface area contributed by atoms with E-state index in [1.54, 1.807) is 12.1 Å². The van der Waals surface area contributed by atoms with Gasteiger partial charge in [-0.05, 0) is 41.3 Å². The molecule has 4 heteroatoms. The number of hydrogen-bond donors (Lipinski definition) is 1. The van der Waals surface area contributed by atoms with Gasteiger partial charge >= 0.3 is 0 Å². The minimum absolute atomic E-state index is 0.0444. The molecule has 0 bridgehead atoms. The Morgan fingerprint density at radius 2 is 1.59 bits per heavy atom. The average molecular weight is 360 g/mol. The molecule has 1 aliphatic heterocycles. The van der Waals surface area contributed by atoms with Crippen molar-refractivity contribution in [2.45, 2.75) is 12.5 Å². The van der Waals surface area contributed by atoms with E-state index in [2.05, 4.69) is 11.4 Å². The highest BCUT2D eigenvalue weighted by atomic mass is 19.1. The SMILES string of the molecule is O=C(CNC(c1ccccc1)c1ccc(F)cc1)N1CCc2ccccc21. The predicted octanol–water partition coefficient (Wildman–Crippen LogP) is 4.09. The molecule has 0 saturated heterocycles. The highest BCUT2D eigenvalue weighted by Crippen LogP contribution is 2.28. The molecule has 27 heavy (non-hydrogen) atoms. The highest BCUT2D eigenvalue weighted by molar-refractivity contribution is 5.96. The fraction of sp³-hybridized carbons (Fsp3) is 0.174. The van der Waals surface area contributed by atoms with Crippen LogP contribution < -0.4 is 10.2 Å². The number of nitrogens with one attached hydrogen (secondary N) is 1. The van der Waals surface area contributed by atoms with Crippen molar-refractivity contribution < 1.29 is 9.18 Å². The molecule has 1 heterocycles. The maximum absolute atomic E-state index is 13.3. The Kier molecular flexibility index (Phi) is 4.99. The second kappa shape index (κ2) is 7.72. The molecule has 0 spiro atoms. The smallest absolute Gasteiger partial charge is 0.240 e. The van der Waals surface area contributed by atoms with Crippen molar-refractivity contribution >= 4 is 11.6 Å². The molecule has 3 aromatic rings. The van der Waals surface area contributed by atoms with E-state index in [0.717, 1.165) is 23.2 Å². The molecule has 0 radical (unpaired) electrons. The van der Waals surface area contributed by atoms with Crippen molar-refractivity contribution in [3.8, 4) is 0 Å². The summed E-state index contributed by atoms with van der Waals surface area (Å²) in [4.78, 5) is 14.7. The highest BCUT2D eigenvalue weighted by Gasteiger charge is 2.25. The maximum atomic E-state index is 13.3. The van der Waals surface area contributed by atoms with Crippen LogP contribution in [-0.2, 0) is 11.2 Å². The minimum Gasteiger partial charge on any atom is -0.311 e. The van der Waals surface area contributed by atoms with E-state index in [1.807, 2.05) is 53.4 Å². The quantitative estimate of drug-likeness (QED) is 0.743. The zero-order valence-electron chi connectivity index (χ0n) is 14.9. The Morgan fingerprint density at radius 1 is 0.926 bits per heavy atom. The Morgan fingerprint density at radius 3 is 2.37 bits per heavy atom. The van der Waals surface area contributed by atoms with Gasteiger partial charge in [-0.3, -0.25) is 10.1 Å². The van der Waals surface area contributed by atoms with Crippen molar-refractivity contribution in [2.24, 2.45) is 0 Å². The van der Waals surface area contributed by atoms with Gasteiger partial charge in [-0.1, -0.05) is 60.7 Å². The van der Waals surface area contributed by atoms with Crippen LogP contribution in [-0.4, -0.2) is 19.0 Å². The van der Waals surface area contributed by atoms with Gasteiger partial charge in [0.2, 0.25) is 5.91 Å².